The molecule has 3 rings (SSSR count). The second-order valence-electron chi connectivity index (χ2n) is 7.03. The molecule has 0 N–H and O–H groups in total. The van der Waals surface area contributed by atoms with E-state index < -0.39 is 5.60 Å². The van der Waals surface area contributed by atoms with E-state index in [9.17, 15) is 4.79 Å². The van der Waals surface area contributed by atoms with Crippen LogP contribution in [0.15, 0.2) is 18.3 Å². The summed E-state index contributed by atoms with van der Waals surface area (Å²) in [5.41, 5.74) is 0.622. The normalized spacial score (nSPS) is 24.5. The van der Waals surface area contributed by atoms with Gasteiger partial charge >= 0.3 is 6.09 Å². The number of halogens is 1. The summed E-state index contributed by atoms with van der Waals surface area (Å²) in [6.45, 7) is 8.18. The van der Waals surface area contributed by atoms with E-state index >= 15 is 0 Å². The van der Waals surface area contributed by atoms with Crippen LogP contribution in [0.5, 0.6) is 0 Å². The minimum Gasteiger partial charge on any atom is -0.444 e. The lowest BCUT2D eigenvalue weighted by Crippen LogP contribution is -2.39. The SMILES string of the molecule is CC(C)(C)OC(=O)N1CC2CCN(c3ccc(Cl)nc3)[C@H]2C1. The Kier molecular flexibility index (Phi) is 3.93. The molecule has 3 heterocycles. The topological polar surface area (TPSA) is 45.7 Å². The Hall–Kier alpha value is -1.49. The van der Waals surface area contributed by atoms with Gasteiger partial charge in [0.25, 0.3) is 0 Å². The molecule has 22 heavy (non-hydrogen) atoms. The highest BCUT2D eigenvalue weighted by Gasteiger charge is 2.44. The molecule has 0 aliphatic carbocycles. The van der Waals surface area contributed by atoms with Crippen molar-refractivity contribution >= 4 is 23.4 Å². The zero-order valence-corrected chi connectivity index (χ0v) is 14.0. The number of pyridine rings is 1. The van der Waals surface area contributed by atoms with Crippen molar-refractivity contribution in [3.63, 3.8) is 0 Å². The molecule has 1 aromatic rings. The fourth-order valence-electron chi connectivity index (χ4n) is 3.30. The van der Waals surface area contributed by atoms with Crippen LogP contribution in [0.25, 0.3) is 0 Å². The van der Waals surface area contributed by atoms with Gasteiger partial charge in [-0.15, -0.1) is 0 Å². The lowest BCUT2D eigenvalue weighted by Gasteiger charge is -2.28. The Balaban J connectivity index is 1.68. The van der Waals surface area contributed by atoms with Crippen LogP contribution >= 0.6 is 11.6 Å². The molecule has 0 radical (unpaired) electrons. The van der Waals surface area contributed by atoms with E-state index in [0.717, 1.165) is 25.2 Å². The molecular formula is C16H22ClN3O2. The predicted octanol–water partition coefficient (Wildman–Crippen LogP) is 3.18. The largest absolute Gasteiger partial charge is 0.444 e. The maximum atomic E-state index is 12.2. The summed E-state index contributed by atoms with van der Waals surface area (Å²) in [6.07, 6.45) is 2.68. The molecule has 1 aromatic heterocycles. The van der Waals surface area contributed by atoms with E-state index in [0.29, 0.717) is 23.7 Å². The van der Waals surface area contributed by atoms with Gasteiger partial charge in [0, 0.05) is 25.6 Å². The number of carbonyl (C=O) groups excluding carboxylic acids is 1. The minimum atomic E-state index is -0.450. The van der Waals surface area contributed by atoms with E-state index in [-0.39, 0.29) is 6.09 Å². The molecule has 0 spiro atoms. The number of hydrogen-bond donors (Lipinski definition) is 0. The standard InChI is InChI=1S/C16H22ClN3O2/c1-16(2,3)22-15(21)19-9-11-6-7-20(13(11)10-19)12-4-5-14(17)18-8-12/h4-5,8,11,13H,6-7,9-10H2,1-3H3/t11?,13-/m0/s1. The van der Waals surface area contributed by atoms with Gasteiger partial charge in [-0.25, -0.2) is 9.78 Å². The molecule has 6 heteroatoms. The Morgan fingerprint density at radius 1 is 1.36 bits per heavy atom. The molecule has 2 aliphatic heterocycles. The van der Waals surface area contributed by atoms with Crippen molar-refractivity contribution in [2.45, 2.75) is 38.8 Å². The smallest absolute Gasteiger partial charge is 0.410 e. The Morgan fingerprint density at radius 3 is 2.77 bits per heavy atom. The van der Waals surface area contributed by atoms with Crippen LogP contribution in [0, 0.1) is 5.92 Å². The molecule has 5 nitrogen and oxygen atoms in total. The first-order valence-corrected chi connectivity index (χ1v) is 8.07. The van der Waals surface area contributed by atoms with E-state index in [1.165, 1.54) is 0 Å². The van der Waals surface area contributed by atoms with Gasteiger partial charge in [0.1, 0.15) is 10.8 Å². The number of fused-ring (bicyclic) bond motifs is 1. The number of aromatic nitrogens is 1. The maximum Gasteiger partial charge on any atom is 0.410 e. The van der Waals surface area contributed by atoms with Gasteiger partial charge in [-0.05, 0) is 39.3 Å². The summed E-state index contributed by atoms with van der Waals surface area (Å²) in [4.78, 5) is 20.6. The molecular weight excluding hydrogens is 302 g/mol. The third kappa shape index (κ3) is 3.14. The van der Waals surface area contributed by atoms with Crippen molar-refractivity contribution in [3.8, 4) is 0 Å². The maximum absolute atomic E-state index is 12.2. The number of likely N-dealkylation sites (tertiary alicyclic amines) is 1. The van der Waals surface area contributed by atoms with Crippen LogP contribution < -0.4 is 4.90 Å². The predicted molar refractivity (Wildman–Crippen MR) is 86.3 cm³/mol. The first-order valence-electron chi connectivity index (χ1n) is 7.69. The molecule has 2 aliphatic rings. The number of anilines is 1. The zero-order chi connectivity index (χ0) is 15.9. The minimum absolute atomic E-state index is 0.212. The third-order valence-corrected chi connectivity index (χ3v) is 4.47. The lowest BCUT2D eigenvalue weighted by atomic mass is 10.1. The van der Waals surface area contributed by atoms with Gasteiger partial charge in [-0.3, -0.25) is 0 Å². The number of carbonyl (C=O) groups is 1. The van der Waals surface area contributed by atoms with Gasteiger partial charge in [0.15, 0.2) is 0 Å². The highest BCUT2D eigenvalue weighted by Crippen LogP contribution is 2.35. The molecule has 2 fully saturated rings. The van der Waals surface area contributed by atoms with E-state index in [4.69, 9.17) is 16.3 Å². The van der Waals surface area contributed by atoms with Crippen LogP contribution in [0.1, 0.15) is 27.2 Å². The van der Waals surface area contributed by atoms with E-state index in [2.05, 4.69) is 9.88 Å². The quantitative estimate of drug-likeness (QED) is 0.745. The molecule has 1 amide bonds. The van der Waals surface area contributed by atoms with Gasteiger partial charge in [0.05, 0.1) is 17.9 Å². The van der Waals surface area contributed by atoms with Gasteiger partial charge in [0.2, 0.25) is 0 Å². The van der Waals surface area contributed by atoms with Gasteiger partial charge < -0.3 is 14.5 Å². The number of amides is 1. The summed E-state index contributed by atoms with van der Waals surface area (Å²) in [6, 6.07) is 4.15. The summed E-state index contributed by atoms with van der Waals surface area (Å²) >= 11 is 5.86. The average molecular weight is 324 g/mol. The van der Waals surface area contributed by atoms with Crippen LogP contribution in [0.2, 0.25) is 5.15 Å². The van der Waals surface area contributed by atoms with Crippen molar-refractivity contribution in [2.75, 3.05) is 24.5 Å². The summed E-state index contributed by atoms with van der Waals surface area (Å²) in [7, 11) is 0. The fourth-order valence-corrected chi connectivity index (χ4v) is 3.41. The zero-order valence-electron chi connectivity index (χ0n) is 13.3. The van der Waals surface area contributed by atoms with Crippen LogP contribution in [-0.2, 0) is 4.74 Å². The van der Waals surface area contributed by atoms with Crippen molar-refractivity contribution in [1.82, 2.24) is 9.88 Å². The molecule has 0 aromatic carbocycles. The molecule has 0 bridgehead atoms. The number of rotatable bonds is 1. The molecule has 2 atom stereocenters. The average Bonchev–Trinajstić information content (AvgIpc) is 2.97. The van der Waals surface area contributed by atoms with Crippen molar-refractivity contribution in [1.29, 1.82) is 0 Å². The van der Waals surface area contributed by atoms with Crippen LogP contribution in [0.3, 0.4) is 0 Å². The summed E-state index contributed by atoms with van der Waals surface area (Å²) < 4.78 is 5.48. The summed E-state index contributed by atoms with van der Waals surface area (Å²) in [5.74, 6) is 0.503. The van der Waals surface area contributed by atoms with Gasteiger partial charge in [-0.1, -0.05) is 11.6 Å². The molecule has 1 unspecified atom stereocenters. The number of hydrogen-bond acceptors (Lipinski definition) is 4. The number of ether oxygens (including phenoxy) is 1. The van der Waals surface area contributed by atoms with E-state index in [1.54, 1.807) is 6.20 Å². The van der Waals surface area contributed by atoms with Crippen LogP contribution in [-0.4, -0.2) is 47.3 Å². The monoisotopic (exact) mass is 323 g/mol. The van der Waals surface area contributed by atoms with E-state index in [1.807, 2.05) is 37.8 Å². The third-order valence-electron chi connectivity index (χ3n) is 4.24. The second kappa shape index (κ2) is 5.61. The highest BCUT2D eigenvalue weighted by molar-refractivity contribution is 6.29. The van der Waals surface area contributed by atoms with Gasteiger partial charge in [-0.2, -0.15) is 0 Å². The fraction of sp³-hybridized carbons (Fsp3) is 0.625. The molecule has 0 saturated carbocycles. The van der Waals surface area contributed by atoms with Crippen molar-refractivity contribution in [3.05, 3.63) is 23.5 Å². The van der Waals surface area contributed by atoms with Crippen molar-refractivity contribution in [2.24, 2.45) is 5.92 Å². The highest BCUT2D eigenvalue weighted by atomic mass is 35.5. The first kappa shape index (κ1) is 15.4. The Labute approximate surface area is 136 Å². The second-order valence-corrected chi connectivity index (χ2v) is 7.42. The molecule has 2 saturated heterocycles. The Morgan fingerprint density at radius 2 is 2.14 bits per heavy atom. The lowest BCUT2D eigenvalue weighted by molar-refractivity contribution is 0.0284. The summed E-state index contributed by atoms with van der Waals surface area (Å²) in [5, 5.41) is 0.501. The Bertz CT molecular complexity index is 556. The van der Waals surface area contributed by atoms with Crippen LogP contribution in [0.4, 0.5) is 10.5 Å². The van der Waals surface area contributed by atoms with Crippen molar-refractivity contribution < 1.29 is 9.53 Å². The first-order chi connectivity index (χ1) is 10.3. The number of nitrogens with zero attached hydrogens (tertiary/aromatic N) is 3. The molecule has 120 valence electrons.